The van der Waals surface area contributed by atoms with Crippen molar-refractivity contribution in [2.24, 2.45) is 0 Å². The third kappa shape index (κ3) is 6.04. The molecule has 0 spiro atoms. The van der Waals surface area contributed by atoms with Gasteiger partial charge in [0.2, 0.25) is 0 Å². The van der Waals surface area contributed by atoms with Crippen molar-refractivity contribution >= 4 is 7.25 Å². The highest BCUT2D eigenvalue weighted by molar-refractivity contribution is 6.50. The number of hydrogen-bond donors (Lipinski definition) is 0. The summed E-state index contributed by atoms with van der Waals surface area (Å²) in [5.74, 6) is 1.75. The van der Waals surface area contributed by atoms with Gasteiger partial charge in [0.15, 0.2) is 0 Å². The van der Waals surface area contributed by atoms with Crippen LogP contribution in [0.15, 0.2) is 101 Å². The first-order chi connectivity index (χ1) is 14.3. The molecule has 0 unspecified atom stereocenters. The predicted molar refractivity (Wildman–Crippen MR) is 114 cm³/mol. The van der Waals surface area contributed by atoms with Gasteiger partial charge in [-0.25, -0.2) is 4.42 Å². The van der Waals surface area contributed by atoms with Crippen LogP contribution in [0.3, 0.4) is 0 Å². The largest absolute Gasteiger partial charge is 0.673 e. The Labute approximate surface area is 172 Å². The summed E-state index contributed by atoms with van der Waals surface area (Å²) in [6.45, 7) is 2.14. The summed E-state index contributed by atoms with van der Waals surface area (Å²) in [7, 11) is -6.00. The van der Waals surface area contributed by atoms with Crippen LogP contribution >= 0.6 is 0 Å². The molecule has 0 aliphatic carbocycles. The van der Waals surface area contributed by atoms with Crippen LogP contribution < -0.4 is 0 Å². The molecule has 0 radical (unpaired) electrons. The minimum absolute atomic E-state index is 0.875. The lowest BCUT2D eigenvalue weighted by atomic mass is 9.98. The van der Waals surface area contributed by atoms with Crippen LogP contribution in [0.1, 0.15) is 5.56 Å². The Kier molecular flexibility index (Phi) is 6.67. The quantitative estimate of drug-likeness (QED) is 0.188. The summed E-state index contributed by atoms with van der Waals surface area (Å²) in [5.41, 5.74) is 5.81. The van der Waals surface area contributed by atoms with E-state index in [9.17, 15) is 17.3 Å². The number of halogens is 4. The van der Waals surface area contributed by atoms with Gasteiger partial charge >= 0.3 is 18.8 Å². The molecule has 1 heterocycles. The van der Waals surface area contributed by atoms with Crippen molar-refractivity contribution < 1.29 is 21.7 Å². The maximum atomic E-state index is 9.75. The average molecular weight is 410 g/mol. The topological polar surface area (TPSA) is 11.3 Å². The molecule has 0 amide bonds. The zero-order valence-corrected chi connectivity index (χ0v) is 16.2. The van der Waals surface area contributed by atoms with E-state index >= 15 is 0 Å². The highest BCUT2D eigenvalue weighted by atomic mass is 19.5. The third-order valence-electron chi connectivity index (χ3n) is 4.37. The highest BCUT2D eigenvalue weighted by Crippen LogP contribution is 2.33. The van der Waals surface area contributed by atoms with Crippen molar-refractivity contribution in [3.63, 3.8) is 0 Å². The molecule has 3 aromatic carbocycles. The van der Waals surface area contributed by atoms with E-state index in [0.29, 0.717) is 0 Å². The fraction of sp³-hybridized carbons (Fsp3) is 0.0417. The number of hydrogen-bond acceptors (Lipinski definition) is 0. The number of aryl methyl sites for hydroxylation is 1. The van der Waals surface area contributed by atoms with Crippen molar-refractivity contribution in [3.05, 3.63) is 103 Å². The Bertz CT molecular complexity index is 1030. The normalized spacial score (nSPS) is 10.8. The van der Waals surface area contributed by atoms with Gasteiger partial charge in [0.05, 0.1) is 23.3 Å². The molecule has 0 bridgehead atoms. The highest BCUT2D eigenvalue weighted by Gasteiger charge is 2.21. The molecule has 0 aliphatic heterocycles. The van der Waals surface area contributed by atoms with Gasteiger partial charge in [-0.1, -0.05) is 60.7 Å². The molecule has 0 saturated heterocycles. The van der Waals surface area contributed by atoms with E-state index in [-0.39, 0.29) is 0 Å². The summed E-state index contributed by atoms with van der Waals surface area (Å²) >= 11 is 0. The van der Waals surface area contributed by atoms with E-state index in [0.717, 1.165) is 22.6 Å². The van der Waals surface area contributed by atoms with Crippen LogP contribution in [0.25, 0.3) is 33.8 Å². The van der Waals surface area contributed by atoms with Gasteiger partial charge in [0.1, 0.15) is 0 Å². The summed E-state index contributed by atoms with van der Waals surface area (Å²) < 4.78 is 45.3. The van der Waals surface area contributed by atoms with Crippen molar-refractivity contribution in [3.8, 4) is 33.8 Å². The van der Waals surface area contributed by atoms with Crippen LogP contribution in [0.2, 0.25) is 0 Å². The second-order valence-corrected chi connectivity index (χ2v) is 6.62. The van der Waals surface area contributed by atoms with Crippen molar-refractivity contribution in [1.29, 1.82) is 0 Å². The lowest BCUT2D eigenvalue weighted by Gasteiger charge is -2.05. The molecule has 6 heteroatoms. The number of rotatable bonds is 3. The molecule has 0 N–H and O–H groups in total. The monoisotopic (exact) mass is 410 g/mol. The van der Waals surface area contributed by atoms with E-state index in [1.54, 1.807) is 0 Å². The zero-order valence-electron chi connectivity index (χ0n) is 16.2. The molecule has 30 heavy (non-hydrogen) atoms. The van der Waals surface area contributed by atoms with Crippen LogP contribution in [0.4, 0.5) is 17.3 Å². The third-order valence-corrected chi connectivity index (χ3v) is 4.37. The standard InChI is InChI=1S/C24H19O.BF4/c1-18-10-8-9-15-22(18)21-16-23(19-11-4-2-5-12-19)25-24(17-21)20-13-6-3-7-14-20;2-1(3,4)5/h2-17H,1H3;/q+1;-1. The maximum Gasteiger partial charge on any atom is 0.673 e. The molecule has 0 fully saturated rings. The first-order valence-corrected chi connectivity index (χ1v) is 9.33. The lowest BCUT2D eigenvalue weighted by Crippen LogP contribution is -2.02. The second kappa shape index (κ2) is 9.40. The van der Waals surface area contributed by atoms with Gasteiger partial charge < -0.3 is 17.3 Å². The smallest absolute Gasteiger partial charge is 0.418 e. The van der Waals surface area contributed by atoms with Crippen molar-refractivity contribution in [2.45, 2.75) is 6.92 Å². The molecule has 4 aromatic rings. The van der Waals surface area contributed by atoms with Crippen molar-refractivity contribution in [1.82, 2.24) is 0 Å². The number of benzene rings is 3. The van der Waals surface area contributed by atoms with Gasteiger partial charge in [-0.3, -0.25) is 0 Å². The van der Waals surface area contributed by atoms with Gasteiger partial charge in [-0.05, 0) is 42.3 Å². The van der Waals surface area contributed by atoms with Crippen LogP contribution in [0, 0.1) is 6.92 Å². The minimum Gasteiger partial charge on any atom is -0.418 e. The zero-order chi connectivity index (χ0) is 21.6. The van der Waals surface area contributed by atoms with E-state index < -0.39 is 7.25 Å². The molecule has 0 saturated carbocycles. The molecule has 0 aliphatic rings. The summed E-state index contributed by atoms with van der Waals surface area (Å²) in [5, 5.41) is 0. The molecular weight excluding hydrogens is 391 g/mol. The van der Waals surface area contributed by atoms with Crippen LogP contribution in [0.5, 0.6) is 0 Å². The SMILES string of the molecule is Cc1ccccc1-c1cc(-c2ccccc2)[o+]c(-c2ccccc2)c1.F[B-](F)(F)F. The van der Waals surface area contributed by atoms with Gasteiger partial charge in [0.25, 0.3) is 0 Å². The van der Waals surface area contributed by atoms with Crippen molar-refractivity contribution in [2.75, 3.05) is 0 Å². The molecule has 0 atom stereocenters. The summed E-state index contributed by atoms with van der Waals surface area (Å²) in [6.07, 6.45) is 0. The Balaban J connectivity index is 0.000000461. The first kappa shape index (κ1) is 21.3. The Morgan fingerprint density at radius 2 is 0.967 bits per heavy atom. The van der Waals surface area contributed by atoms with E-state index in [1.807, 2.05) is 36.4 Å². The Morgan fingerprint density at radius 3 is 1.40 bits per heavy atom. The Hall–Kier alpha value is -3.41. The van der Waals surface area contributed by atoms with Gasteiger partial charge in [-0.2, -0.15) is 0 Å². The Morgan fingerprint density at radius 1 is 0.567 bits per heavy atom. The molecule has 1 aromatic heterocycles. The van der Waals surface area contributed by atoms with E-state index in [2.05, 4.69) is 67.6 Å². The summed E-state index contributed by atoms with van der Waals surface area (Å²) in [4.78, 5) is 0. The average Bonchev–Trinajstić information content (AvgIpc) is 2.74. The van der Waals surface area contributed by atoms with Crippen LogP contribution in [-0.2, 0) is 0 Å². The first-order valence-electron chi connectivity index (χ1n) is 9.33. The maximum absolute atomic E-state index is 9.75. The van der Waals surface area contributed by atoms with E-state index in [1.165, 1.54) is 16.7 Å². The van der Waals surface area contributed by atoms with Crippen LogP contribution in [-0.4, -0.2) is 7.25 Å². The summed E-state index contributed by atoms with van der Waals surface area (Å²) in [6, 6.07) is 33.2. The van der Waals surface area contributed by atoms with Gasteiger partial charge in [0, 0.05) is 5.56 Å². The van der Waals surface area contributed by atoms with E-state index in [4.69, 9.17) is 4.42 Å². The molecule has 1 nitrogen and oxygen atoms in total. The second-order valence-electron chi connectivity index (χ2n) is 6.62. The predicted octanol–water partition coefficient (Wildman–Crippen LogP) is 8.17. The fourth-order valence-electron chi connectivity index (χ4n) is 3.04. The lowest BCUT2D eigenvalue weighted by molar-refractivity contribution is 0.368. The molecule has 4 rings (SSSR count). The fourth-order valence-corrected chi connectivity index (χ4v) is 3.04. The molecule has 152 valence electrons. The minimum atomic E-state index is -6.00. The molecular formula is C24H19BF4O. The van der Waals surface area contributed by atoms with Gasteiger partial charge in [-0.15, -0.1) is 0 Å².